The number of amides is 1. The number of aliphatic hydroxyl groups is 1. The summed E-state index contributed by atoms with van der Waals surface area (Å²) in [5.41, 5.74) is -2.48. The van der Waals surface area contributed by atoms with Gasteiger partial charge >= 0.3 is 11.9 Å². The summed E-state index contributed by atoms with van der Waals surface area (Å²) in [6, 6.07) is 0. The number of carboxylic acid groups (broad SMARTS) is 1. The van der Waals surface area contributed by atoms with E-state index in [1.807, 2.05) is 19.9 Å². The number of carboxylic acids is 1. The lowest BCUT2D eigenvalue weighted by molar-refractivity contribution is -0.172. The molecular weight excluding hydrogens is 787 g/mol. The molecule has 0 radical (unpaired) electrons. The molecule has 58 heavy (non-hydrogen) atoms. The fourth-order valence-electron chi connectivity index (χ4n) is 9.89. The first-order valence-corrected chi connectivity index (χ1v) is 22.7. The predicted molar refractivity (Wildman–Crippen MR) is 218 cm³/mol. The van der Waals surface area contributed by atoms with Crippen LogP contribution in [0.3, 0.4) is 0 Å². The zero-order valence-corrected chi connectivity index (χ0v) is 35.7. The van der Waals surface area contributed by atoms with E-state index in [4.69, 9.17) is 9.47 Å². The summed E-state index contributed by atoms with van der Waals surface area (Å²) in [4.78, 5) is 101. The second-order valence-corrected chi connectivity index (χ2v) is 19.8. The number of hydrogen-bond acceptors (Lipinski definition) is 13. The number of carbonyl (C=O) groups excluding carboxylic acids is 7. The Morgan fingerprint density at radius 3 is 2.28 bits per heavy atom. The molecule has 15 heteroatoms. The van der Waals surface area contributed by atoms with E-state index < -0.39 is 59.1 Å². The van der Waals surface area contributed by atoms with Gasteiger partial charge in [0, 0.05) is 70.4 Å². The zero-order valence-electron chi connectivity index (χ0n) is 34.1. The maximum Gasteiger partial charge on any atom is 0.325 e. The van der Waals surface area contributed by atoms with Crippen LogP contribution in [0, 0.1) is 40.4 Å². The highest BCUT2D eigenvalue weighted by atomic mass is 32.2. The molecule has 0 spiro atoms. The van der Waals surface area contributed by atoms with E-state index >= 15 is 0 Å². The first kappa shape index (κ1) is 45.9. The summed E-state index contributed by atoms with van der Waals surface area (Å²) in [7, 11) is 0. The van der Waals surface area contributed by atoms with Crippen LogP contribution < -0.4 is 5.32 Å². The van der Waals surface area contributed by atoms with Gasteiger partial charge in [-0.05, 0) is 75.9 Å². The molecule has 7 unspecified atom stereocenters. The Bertz CT molecular complexity index is 1710. The van der Waals surface area contributed by atoms with Crippen molar-refractivity contribution < 1.29 is 58.0 Å². The van der Waals surface area contributed by atoms with Crippen LogP contribution in [0.4, 0.5) is 0 Å². The molecule has 1 amide bonds. The third-order valence-corrected chi connectivity index (χ3v) is 17.0. The van der Waals surface area contributed by atoms with Gasteiger partial charge in [0.05, 0.1) is 19.1 Å². The van der Waals surface area contributed by atoms with Crippen LogP contribution in [0.15, 0.2) is 23.8 Å². The van der Waals surface area contributed by atoms with Crippen molar-refractivity contribution in [2.75, 3.05) is 37.9 Å². The van der Waals surface area contributed by atoms with Crippen LogP contribution in [0.1, 0.15) is 98.3 Å². The largest absolute Gasteiger partial charge is 0.481 e. The third kappa shape index (κ3) is 10.1. The average Bonchev–Trinajstić information content (AvgIpc) is 3.43. The van der Waals surface area contributed by atoms with E-state index in [1.54, 1.807) is 24.8 Å². The molecule has 5 rings (SSSR count). The molecular formula is C43H59NO12S2. The fraction of sp³-hybridized carbons (Fsp3) is 0.721. The molecule has 4 fully saturated rings. The maximum atomic E-state index is 13.9. The normalized spacial score (nSPS) is 32.1. The number of ether oxygens (including phenoxy) is 2. The van der Waals surface area contributed by atoms with Gasteiger partial charge in [-0.25, -0.2) is 0 Å². The number of thioether (sulfide) groups is 2. The molecule has 0 aromatic heterocycles. The molecule has 0 heterocycles. The molecule has 0 bridgehead atoms. The molecule has 0 aromatic carbocycles. The highest BCUT2D eigenvalue weighted by Gasteiger charge is 2.68. The van der Waals surface area contributed by atoms with Gasteiger partial charge in [0.1, 0.15) is 29.5 Å². The Labute approximate surface area is 349 Å². The second-order valence-electron chi connectivity index (χ2n) is 17.3. The summed E-state index contributed by atoms with van der Waals surface area (Å²) >= 11 is 3.17. The summed E-state index contributed by atoms with van der Waals surface area (Å²) < 4.78 is 10.6. The van der Waals surface area contributed by atoms with E-state index in [0.717, 1.165) is 18.4 Å². The van der Waals surface area contributed by atoms with Crippen molar-refractivity contribution in [1.29, 1.82) is 0 Å². The molecule has 3 N–H and O–H groups in total. The maximum absolute atomic E-state index is 13.9. The number of ketones is 5. The van der Waals surface area contributed by atoms with Crippen molar-refractivity contribution in [3.05, 3.63) is 23.8 Å². The van der Waals surface area contributed by atoms with Crippen LogP contribution in [0.2, 0.25) is 0 Å². The smallest absolute Gasteiger partial charge is 0.325 e. The Hall–Kier alpha value is -3.14. The van der Waals surface area contributed by atoms with Crippen LogP contribution in [0.5, 0.6) is 0 Å². The lowest BCUT2D eigenvalue weighted by Gasteiger charge is -2.56. The van der Waals surface area contributed by atoms with E-state index in [0.29, 0.717) is 37.2 Å². The molecule has 5 aliphatic rings. The van der Waals surface area contributed by atoms with E-state index in [-0.39, 0.29) is 103 Å². The SMILES string of the molecule is CCC(CSC1CCC1SCC(CC(=O)CCOCCC(C)=O)C(=O)O)C(=O)NCC(=O)OCC(=O)[C@@]1(O)CCC2C3CCC4=CC(=O)C=C[C@]4(C)C3C(=O)C[C@@]21C. The summed E-state index contributed by atoms with van der Waals surface area (Å²) in [6.45, 7) is 6.41. The number of nitrogens with one attached hydrogen (secondary N) is 1. The quantitative estimate of drug-likeness (QED) is 0.101. The van der Waals surface area contributed by atoms with Gasteiger partial charge in [-0.1, -0.05) is 32.4 Å². The topological polar surface area (TPSA) is 208 Å². The Kier molecular flexibility index (Phi) is 15.4. The number of Topliss-reactive ketones (excluding diaryl/α,β-unsaturated/α-hetero) is 4. The predicted octanol–water partition coefficient (Wildman–Crippen LogP) is 4.50. The van der Waals surface area contributed by atoms with Crippen molar-refractivity contribution in [2.24, 2.45) is 40.4 Å². The van der Waals surface area contributed by atoms with Gasteiger partial charge < -0.3 is 25.0 Å². The highest BCUT2D eigenvalue weighted by molar-refractivity contribution is 8.04. The van der Waals surface area contributed by atoms with Crippen molar-refractivity contribution in [3.8, 4) is 0 Å². The van der Waals surface area contributed by atoms with Gasteiger partial charge in [0.25, 0.3) is 0 Å². The average molecular weight is 846 g/mol. The minimum atomic E-state index is -1.85. The fourth-order valence-corrected chi connectivity index (χ4v) is 13.3. The highest BCUT2D eigenvalue weighted by Crippen LogP contribution is 2.66. The number of rotatable bonds is 22. The first-order valence-electron chi connectivity index (χ1n) is 20.6. The lowest BCUT2D eigenvalue weighted by Crippen LogP contribution is -2.60. The Morgan fingerprint density at radius 1 is 0.966 bits per heavy atom. The minimum Gasteiger partial charge on any atom is -0.481 e. The van der Waals surface area contributed by atoms with E-state index in [9.17, 15) is 48.6 Å². The third-order valence-electron chi connectivity index (χ3n) is 13.6. The molecule has 10 atom stereocenters. The van der Waals surface area contributed by atoms with E-state index in [1.165, 1.54) is 24.8 Å². The van der Waals surface area contributed by atoms with Crippen molar-refractivity contribution >= 4 is 70.3 Å². The van der Waals surface area contributed by atoms with Gasteiger partial charge in [-0.2, -0.15) is 23.5 Å². The van der Waals surface area contributed by atoms with Crippen molar-refractivity contribution in [1.82, 2.24) is 5.32 Å². The minimum absolute atomic E-state index is 0.00232. The van der Waals surface area contributed by atoms with Crippen molar-refractivity contribution in [3.63, 3.8) is 0 Å². The Balaban J connectivity index is 1.03. The molecule has 0 saturated heterocycles. The number of fused-ring (bicyclic) bond motifs is 5. The van der Waals surface area contributed by atoms with Gasteiger partial charge in [-0.15, -0.1) is 0 Å². The summed E-state index contributed by atoms with van der Waals surface area (Å²) in [6.07, 6.45) is 9.76. The van der Waals surface area contributed by atoms with Crippen LogP contribution in [-0.4, -0.2) is 111 Å². The Morgan fingerprint density at radius 2 is 1.64 bits per heavy atom. The van der Waals surface area contributed by atoms with Gasteiger partial charge in [0.15, 0.2) is 12.4 Å². The number of esters is 1. The molecule has 0 aliphatic heterocycles. The summed E-state index contributed by atoms with van der Waals surface area (Å²) in [5.74, 6) is -4.02. The number of allylic oxidation sites excluding steroid dienone is 4. The van der Waals surface area contributed by atoms with Gasteiger partial charge in [-0.3, -0.25) is 38.4 Å². The standard InChI is InChI=1S/C43H59NO12S2/c1-5-26(23-57-34-8-9-35(34)58-24-27(40(52)53)18-30(47)13-17-55-16-12-25(2)45)39(51)44-21-37(50)56-22-36(49)43(54)15-11-32-31-7-6-28-19-29(46)10-14-41(28,3)38(31)33(48)20-42(32,43)4/h10,14,19,26-27,31-32,34-35,38,54H,5-9,11-13,15-18,20-24H2,1-4H3,(H,44,51)(H,52,53)/t26?,27?,31?,32?,34?,35?,38?,41-,42-,43-/m0/s1. The molecule has 13 nitrogen and oxygen atoms in total. The number of hydrogen-bond donors (Lipinski definition) is 3. The lowest BCUT2D eigenvalue weighted by atomic mass is 9.46. The monoisotopic (exact) mass is 845 g/mol. The van der Waals surface area contributed by atoms with Crippen LogP contribution in [0.25, 0.3) is 0 Å². The number of carbonyl (C=O) groups is 8. The zero-order chi connectivity index (χ0) is 42.4. The van der Waals surface area contributed by atoms with Gasteiger partial charge in [0.2, 0.25) is 11.7 Å². The molecule has 4 saturated carbocycles. The van der Waals surface area contributed by atoms with Crippen molar-refractivity contribution in [2.45, 2.75) is 114 Å². The number of aliphatic carboxylic acids is 1. The molecule has 5 aliphatic carbocycles. The van der Waals surface area contributed by atoms with Crippen LogP contribution in [-0.2, 0) is 47.8 Å². The first-order chi connectivity index (χ1) is 27.4. The molecule has 0 aromatic rings. The molecule has 320 valence electrons. The summed E-state index contributed by atoms with van der Waals surface area (Å²) in [5, 5.41) is 24.7. The van der Waals surface area contributed by atoms with E-state index in [2.05, 4.69) is 5.32 Å². The second kappa shape index (κ2) is 19.5. The van der Waals surface area contributed by atoms with Crippen LogP contribution >= 0.6 is 23.5 Å².